The summed E-state index contributed by atoms with van der Waals surface area (Å²) in [4.78, 5) is 15.9. The number of rotatable bonds is 2. The van der Waals surface area contributed by atoms with Gasteiger partial charge in [-0.2, -0.15) is 0 Å². The zero-order valence-corrected chi connectivity index (χ0v) is 12.7. The van der Waals surface area contributed by atoms with E-state index in [1.807, 2.05) is 22.6 Å². The van der Waals surface area contributed by atoms with Crippen molar-refractivity contribution in [3.05, 3.63) is 56.1 Å². The van der Waals surface area contributed by atoms with Gasteiger partial charge in [0.15, 0.2) is 0 Å². The quantitative estimate of drug-likeness (QED) is 0.592. The van der Waals surface area contributed by atoms with Gasteiger partial charge in [-0.1, -0.05) is 0 Å². The SMILES string of the molecule is O=C(Nc1ccc(F)cc1I)c1ccnc(Br)c1. The molecule has 6 heteroatoms. The van der Waals surface area contributed by atoms with E-state index in [9.17, 15) is 9.18 Å². The zero-order chi connectivity index (χ0) is 13.1. The number of benzene rings is 1. The van der Waals surface area contributed by atoms with Crippen LogP contribution < -0.4 is 5.32 Å². The first-order chi connectivity index (χ1) is 8.56. The molecule has 2 aromatic rings. The highest BCUT2D eigenvalue weighted by Crippen LogP contribution is 2.20. The predicted molar refractivity (Wildman–Crippen MR) is 79.0 cm³/mol. The number of pyridine rings is 1. The molecule has 1 aromatic carbocycles. The summed E-state index contributed by atoms with van der Waals surface area (Å²) in [7, 11) is 0. The lowest BCUT2D eigenvalue weighted by Crippen LogP contribution is -2.13. The molecule has 1 heterocycles. The van der Waals surface area contributed by atoms with Gasteiger partial charge in [-0.05, 0) is 68.9 Å². The number of hydrogen-bond acceptors (Lipinski definition) is 2. The first-order valence-electron chi connectivity index (χ1n) is 4.94. The molecular weight excluding hydrogens is 414 g/mol. The summed E-state index contributed by atoms with van der Waals surface area (Å²) < 4.78 is 14.2. The molecule has 0 spiro atoms. The van der Waals surface area contributed by atoms with Crippen molar-refractivity contribution < 1.29 is 9.18 Å². The molecule has 0 saturated heterocycles. The second-order valence-electron chi connectivity index (χ2n) is 3.45. The monoisotopic (exact) mass is 420 g/mol. The van der Waals surface area contributed by atoms with E-state index in [1.165, 1.54) is 24.4 Å². The normalized spacial score (nSPS) is 10.2. The number of carbonyl (C=O) groups excluding carboxylic acids is 1. The summed E-state index contributed by atoms with van der Waals surface area (Å²) in [6.45, 7) is 0. The van der Waals surface area contributed by atoms with Gasteiger partial charge in [0, 0.05) is 15.3 Å². The van der Waals surface area contributed by atoms with Gasteiger partial charge in [0.25, 0.3) is 5.91 Å². The van der Waals surface area contributed by atoms with Crippen LogP contribution in [0.1, 0.15) is 10.4 Å². The Balaban J connectivity index is 2.21. The third-order valence-corrected chi connectivity index (χ3v) is 3.49. The molecule has 2 rings (SSSR count). The fourth-order valence-electron chi connectivity index (χ4n) is 1.33. The van der Waals surface area contributed by atoms with Gasteiger partial charge in [-0.3, -0.25) is 4.79 Å². The fourth-order valence-corrected chi connectivity index (χ4v) is 2.31. The third kappa shape index (κ3) is 3.26. The number of hydrogen-bond donors (Lipinski definition) is 1. The van der Waals surface area contributed by atoms with Gasteiger partial charge in [0.1, 0.15) is 10.4 Å². The molecule has 92 valence electrons. The van der Waals surface area contributed by atoms with Crippen LogP contribution in [0.2, 0.25) is 0 Å². The topological polar surface area (TPSA) is 42.0 Å². The number of carbonyl (C=O) groups is 1. The summed E-state index contributed by atoms with van der Waals surface area (Å²) >= 11 is 5.17. The van der Waals surface area contributed by atoms with Crippen molar-refractivity contribution in [2.45, 2.75) is 0 Å². The van der Waals surface area contributed by atoms with Crippen LogP contribution in [0.25, 0.3) is 0 Å². The largest absolute Gasteiger partial charge is 0.321 e. The van der Waals surface area contributed by atoms with Crippen LogP contribution in [0.4, 0.5) is 10.1 Å². The van der Waals surface area contributed by atoms with Crippen molar-refractivity contribution in [3.8, 4) is 0 Å². The Morgan fingerprint density at radius 3 is 2.78 bits per heavy atom. The van der Waals surface area contributed by atoms with Crippen LogP contribution in [0, 0.1) is 9.39 Å². The summed E-state index contributed by atoms with van der Waals surface area (Å²) in [6, 6.07) is 7.42. The lowest BCUT2D eigenvalue weighted by molar-refractivity contribution is 0.102. The summed E-state index contributed by atoms with van der Waals surface area (Å²) in [5.74, 6) is -0.591. The Morgan fingerprint density at radius 2 is 2.11 bits per heavy atom. The van der Waals surface area contributed by atoms with E-state index < -0.39 is 0 Å². The second-order valence-corrected chi connectivity index (χ2v) is 5.42. The number of halogens is 3. The highest BCUT2D eigenvalue weighted by molar-refractivity contribution is 14.1. The van der Waals surface area contributed by atoms with Crippen molar-refractivity contribution in [1.82, 2.24) is 4.98 Å². The lowest BCUT2D eigenvalue weighted by Gasteiger charge is -2.07. The smallest absolute Gasteiger partial charge is 0.255 e. The van der Waals surface area contributed by atoms with E-state index >= 15 is 0 Å². The van der Waals surface area contributed by atoms with Gasteiger partial charge in [-0.15, -0.1) is 0 Å². The van der Waals surface area contributed by atoms with Gasteiger partial charge < -0.3 is 5.32 Å². The summed E-state index contributed by atoms with van der Waals surface area (Å²) in [6.07, 6.45) is 1.54. The van der Waals surface area contributed by atoms with Crippen molar-refractivity contribution in [3.63, 3.8) is 0 Å². The lowest BCUT2D eigenvalue weighted by atomic mass is 10.2. The Labute approximate surface area is 125 Å². The van der Waals surface area contributed by atoms with E-state index in [2.05, 4.69) is 26.2 Å². The standard InChI is InChI=1S/C12H7BrFIN2O/c13-11-5-7(3-4-16-11)12(18)17-10-2-1-8(14)6-9(10)15/h1-6H,(H,17,18). The summed E-state index contributed by atoms with van der Waals surface area (Å²) in [5, 5.41) is 2.72. The van der Waals surface area contributed by atoms with Gasteiger partial charge in [0.2, 0.25) is 0 Å². The second kappa shape index (κ2) is 5.75. The summed E-state index contributed by atoms with van der Waals surface area (Å²) in [5.41, 5.74) is 1.06. The first kappa shape index (κ1) is 13.4. The first-order valence-corrected chi connectivity index (χ1v) is 6.81. The average Bonchev–Trinajstić information content (AvgIpc) is 2.32. The molecule has 1 N–H and O–H groups in total. The maximum atomic E-state index is 12.9. The minimum atomic E-state index is -0.330. The maximum absolute atomic E-state index is 12.9. The molecule has 0 bridgehead atoms. The number of nitrogens with zero attached hydrogens (tertiary/aromatic N) is 1. The number of amides is 1. The van der Waals surface area contributed by atoms with E-state index in [-0.39, 0.29) is 11.7 Å². The van der Waals surface area contributed by atoms with Gasteiger partial charge in [-0.25, -0.2) is 9.37 Å². The Hall–Kier alpha value is -1.02. The molecule has 1 aromatic heterocycles. The van der Waals surface area contributed by atoms with E-state index in [1.54, 1.807) is 12.1 Å². The molecule has 0 aliphatic rings. The molecule has 0 unspecified atom stereocenters. The van der Waals surface area contributed by atoms with E-state index in [0.717, 1.165) is 0 Å². The van der Waals surface area contributed by atoms with Crippen LogP contribution in [-0.2, 0) is 0 Å². The third-order valence-electron chi connectivity index (χ3n) is 2.17. The van der Waals surface area contributed by atoms with Crippen molar-refractivity contribution >= 4 is 50.1 Å². The number of nitrogens with one attached hydrogen (secondary N) is 1. The average molecular weight is 421 g/mol. The molecular formula is C12H7BrFIN2O. The van der Waals surface area contributed by atoms with Gasteiger partial charge in [0.05, 0.1) is 5.69 Å². The van der Waals surface area contributed by atoms with E-state index in [4.69, 9.17) is 0 Å². The highest BCUT2D eigenvalue weighted by atomic mass is 127. The Morgan fingerprint density at radius 1 is 1.33 bits per heavy atom. The number of aromatic nitrogens is 1. The molecule has 0 fully saturated rings. The van der Waals surface area contributed by atoms with E-state index in [0.29, 0.717) is 19.4 Å². The van der Waals surface area contributed by atoms with Crippen LogP contribution in [0.3, 0.4) is 0 Å². The highest BCUT2D eigenvalue weighted by Gasteiger charge is 2.09. The van der Waals surface area contributed by atoms with Gasteiger partial charge >= 0.3 is 0 Å². The van der Waals surface area contributed by atoms with Crippen LogP contribution in [-0.4, -0.2) is 10.9 Å². The minimum Gasteiger partial charge on any atom is -0.321 e. The predicted octanol–water partition coefficient (Wildman–Crippen LogP) is 3.84. The van der Waals surface area contributed by atoms with Crippen molar-refractivity contribution in [2.24, 2.45) is 0 Å². The Kier molecular flexibility index (Phi) is 4.28. The Bertz CT molecular complexity index is 606. The molecule has 1 amide bonds. The maximum Gasteiger partial charge on any atom is 0.255 e. The molecule has 0 radical (unpaired) electrons. The fraction of sp³-hybridized carbons (Fsp3) is 0. The van der Waals surface area contributed by atoms with Crippen LogP contribution in [0.5, 0.6) is 0 Å². The van der Waals surface area contributed by atoms with Crippen molar-refractivity contribution in [2.75, 3.05) is 5.32 Å². The van der Waals surface area contributed by atoms with Crippen molar-refractivity contribution in [1.29, 1.82) is 0 Å². The molecule has 0 saturated carbocycles. The molecule has 0 aliphatic carbocycles. The molecule has 18 heavy (non-hydrogen) atoms. The molecule has 3 nitrogen and oxygen atoms in total. The molecule has 0 aliphatic heterocycles. The number of anilines is 1. The molecule has 0 atom stereocenters. The minimum absolute atomic E-state index is 0.261. The zero-order valence-electron chi connectivity index (χ0n) is 8.95. The van der Waals surface area contributed by atoms with Crippen LogP contribution in [0.15, 0.2) is 41.1 Å². The van der Waals surface area contributed by atoms with Crippen LogP contribution >= 0.6 is 38.5 Å².